The van der Waals surface area contributed by atoms with Gasteiger partial charge in [0, 0.05) is 16.3 Å². The fourth-order valence-corrected chi connectivity index (χ4v) is 5.08. The van der Waals surface area contributed by atoms with Crippen LogP contribution in [0.25, 0.3) is 33.1 Å². The molecule has 0 unspecified atom stereocenters. The normalized spacial score (nSPS) is 15.2. The van der Waals surface area contributed by atoms with Gasteiger partial charge in [0.15, 0.2) is 17.1 Å². The highest BCUT2D eigenvalue weighted by Gasteiger charge is 2.23. The summed E-state index contributed by atoms with van der Waals surface area (Å²) in [5.74, 6) is 1.60. The molecule has 3 heterocycles. The van der Waals surface area contributed by atoms with E-state index >= 15 is 0 Å². The Bertz CT molecular complexity index is 1370. The first-order valence-electron chi connectivity index (χ1n) is 11.7. The van der Waals surface area contributed by atoms with Gasteiger partial charge in [-0.05, 0) is 75.1 Å². The Morgan fingerprint density at radius 3 is 2.74 bits per heavy atom. The van der Waals surface area contributed by atoms with Crippen molar-refractivity contribution in [1.82, 2.24) is 20.1 Å². The van der Waals surface area contributed by atoms with E-state index in [0.29, 0.717) is 62.7 Å². The Labute approximate surface area is 207 Å². The number of hydrogen-bond acceptors (Lipinski definition) is 6. The van der Waals surface area contributed by atoms with E-state index < -0.39 is 6.67 Å². The molecule has 0 spiro atoms. The van der Waals surface area contributed by atoms with Gasteiger partial charge in [-0.3, -0.25) is 5.10 Å². The molecule has 0 saturated carbocycles. The van der Waals surface area contributed by atoms with E-state index in [-0.39, 0.29) is 10.8 Å². The fourth-order valence-electron chi connectivity index (χ4n) is 4.90. The smallest absolute Gasteiger partial charge is 0.169 e. The molecule has 0 bridgehead atoms. The number of aromatic hydroxyl groups is 1. The molecule has 5 rings (SSSR count). The summed E-state index contributed by atoms with van der Waals surface area (Å²) in [5.41, 5.74) is 2.12. The Hall–Kier alpha value is -3.10. The summed E-state index contributed by atoms with van der Waals surface area (Å²) in [6.45, 7) is 2.02. The lowest BCUT2D eigenvalue weighted by Crippen LogP contribution is -2.30. The highest BCUT2D eigenvalue weighted by atomic mass is 35.5. The largest absolute Gasteiger partial charge is 0.506 e. The number of nitrogens with zero attached hydrogens (tertiary/aromatic N) is 3. The minimum atomic E-state index is -0.713. The van der Waals surface area contributed by atoms with Crippen LogP contribution in [-0.4, -0.2) is 59.0 Å². The van der Waals surface area contributed by atoms with Gasteiger partial charge in [0.05, 0.1) is 36.0 Å². The molecular formula is C26H28ClFN4O3. The van der Waals surface area contributed by atoms with Crippen LogP contribution in [0.4, 0.5) is 4.39 Å². The number of aromatic amines is 1. The van der Waals surface area contributed by atoms with Crippen LogP contribution in [0.2, 0.25) is 5.02 Å². The standard InChI is InChI=1S/C26H28ClFN4O3/c1-32-8-5-15(6-9-32)7-10-35-21-12-17(13-28)22-23(25(21)34-2)18-14-29-31-26(18)30-24(22)16-3-4-20(33)19(27)11-16/h3-4,11-12,14-15,33H,5-10,13H2,1-2H3,(H,29,30,31). The zero-order chi connectivity index (χ0) is 24.5. The number of methoxy groups -OCH3 is 1. The number of halogens is 2. The van der Waals surface area contributed by atoms with Crippen molar-refractivity contribution in [2.45, 2.75) is 25.9 Å². The molecular weight excluding hydrogens is 471 g/mol. The maximum atomic E-state index is 14.5. The van der Waals surface area contributed by atoms with Crippen molar-refractivity contribution in [1.29, 1.82) is 0 Å². The number of phenols is 1. The van der Waals surface area contributed by atoms with Crippen LogP contribution in [0.3, 0.4) is 0 Å². The number of rotatable bonds is 7. The monoisotopic (exact) mass is 498 g/mol. The van der Waals surface area contributed by atoms with Crippen molar-refractivity contribution >= 4 is 33.4 Å². The SMILES string of the molecule is COc1c(OCCC2CCN(C)CC2)cc(CF)c2c(-c3ccc(O)c(Cl)c3)nc3[nH]ncc3c12. The van der Waals surface area contributed by atoms with Crippen LogP contribution in [0.15, 0.2) is 30.5 Å². The number of ether oxygens (including phenoxy) is 2. The van der Waals surface area contributed by atoms with Gasteiger partial charge in [-0.15, -0.1) is 0 Å². The zero-order valence-corrected chi connectivity index (χ0v) is 20.5. The number of piperidine rings is 1. The highest BCUT2D eigenvalue weighted by Crippen LogP contribution is 2.45. The van der Waals surface area contributed by atoms with Crippen molar-refractivity contribution in [2.75, 3.05) is 33.9 Å². The molecule has 0 amide bonds. The Morgan fingerprint density at radius 2 is 2.03 bits per heavy atom. The van der Waals surface area contributed by atoms with Crippen LogP contribution in [0.5, 0.6) is 17.2 Å². The molecule has 9 heteroatoms. The van der Waals surface area contributed by atoms with Gasteiger partial charge in [0.2, 0.25) is 0 Å². The second kappa shape index (κ2) is 9.87. The third-order valence-corrected chi connectivity index (χ3v) is 7.17. The van der Waals surface area contributed by atoms with Gasteiger partial charge < -0.3 is 19.5 Å². The first-order valence-corrected chi connectivity index (χ1v) is 12.1. The van der Waals surface area contributed by atoms with Crippen LogP contribution in [0, 0.1) is 5.92 Å². The average molecular weight is 499 g/mol. The summed E-state index contributed by atoms with van der Waals surface area (Å²) in [5, 5.41) is 19.1. The maximum Gasteiger partial charge on any atom is 0.169 e. The molecule has 4 aromatic rings. The number of alkyl halides is 1. The Morgan fingerprint density at radius 1 is 1.23 bits per heavy atom. The molecule has 0 aliphatic carbocycles. The predicted octanol–water partition coefficient (Wildman–Crippen LogP) is 5.73. The van der Waals surface area contributed by atoms with E-state index in [4.69, 9.17) is 26.1 Å². The molecule has 2 aromatic carbocycles. The Kier molecular flexibility index (Phi) is 6.67. The van der Waals surface area contributed by atoms with E-state index in [0.717, 1.165) is 32.4 Å². The number of benzene rings is 2. The molecule has 2 aromatic heterocycles. The van der Waals surface area contributed by atoms with E-state index in [1.807, 2.05) is 0 Å². The number of nitrogens with one attached hydrogen (secondary N) is 1. The van der Waals surface area contributed by atoms with Gasteiger partial charge >= 0.3 is 0 Å². The quantitative estimate of drug-likeness (QED) is 0.339. The average Bonchev–Trinajstić information content (AvgIpc) is 3.34. The van der Waals surface area contributed by atoms with Gasteiger partial charge in [-0.1, -0.05) is 11.6 Å². The molecule has 184 valence electrons. The minimum absolute atomic E-state index is 0.0362. The molecule has 1 saturated heterocycles. The van der Waals surface area contributed by atoms with Crippen molar-refractivity contribution in [3.8, 4) is 28.5 Å². The highest BCUT2D eigenvalue weighted by molar-refractivity contribution is 6.32. The molecule has 1 aliphatic rings. The molecule has 7 nitrogen and oxygen atoms in total. The summed E-state index contributed by atoms with van der Waals surface area (Å²) in [4.78, 5) is 7.07. The Balaban J connectivity index is 1.61. The summed E-state index contributed by atoms with van der Waals surface area (Å²) in [7, 11) is 3.73. The topological polar surface area (TPSA) is 83.5 Å². The second-order valence-electron chi connectivity index (χ2n) is 9.09. The van der Waals surface area contributed by atoms with Gasteiger partial charge in [-0.2, -0.15) is 5.10 Å². The number of pyridine rings is 1. The van der Waals surface area contributed by atoms with Crippen molar-refractivity contribution in [2.24, 2.45) is 5.92 Å². The van der Waals surface area contributed by atoms with E-state index in [2.05, 4.69) is 22.1 Å². The predicted molar refractivity (Wildman–Crippen MR) is 135 cm³/mol. The van der Waals surface area contributed by atoms with Crippen LogP contribution < -0.4 is 9.47 Å². The van der Waals surface area contributed by atoms with Gasteiger partial charge in [-0.25, -0.2) is 9.37 Å². The molecule has 0 atom stereocenters. The van der Waals surface area contributed by atoms with Gasteiger partial charge in [0.1, 0.15) is 12.4 Å². The molecule has 2 N–H and O–H groups in total. The number of hydrogen-bond donors (Lipinski definition) is 2. The number of phenolic OH excluding ortho intramolecular Hbond substituents is 1. The minimum Gasteiger partial charge on any atom is -0.506 e. The summed E-state index contributed by atoms with van der Waals surface area (Å²) >= 11 is 6.18. The number of likely N-dealkylation sites (tertiary alicyclic amines) is 1. The first-order chi connectivity index (χ1) is 17.0. The maximum absolute atomic E-state index is 14.5. The van der Waals surface area contributed by atoms with E-state index in [9.17, 15) is 9.50 Å². The second-order valence-corrected chi connectivity index (χ2v) is 9.50. The third kappa shape index (κ3) is 4.48. The number of fused-ring (bicyclic) bond motifs is 3. The van der Waals surface area contributed by atoms with E-state index in [1.165, 1.54) is 6.07 Å². The lowest BCUT2D eigenvalue weighted by molar-refractivity contribution is 0.186. The lowest BCUT2D eigenvalue weighted by Gasteiger charge is -2.28. The van der Waals surface area contributed by atoms with Crippen molar-refractivity contribution in [3.05, 3.63) is 41.0 Å². The zero-order valence-electron chi connectivity index (χ0n) is 19.8. The summed E-state index contributed by atoms with van der Waals surface area (Å²) in [6, 6.07) is 6.51. The first kappa shape index (κ1) is 23.6. The molecule has 35 heavy (non-hydrogen) atoms. The van der Waals surface area contributed by atoms with Crippen LogP contribution in [0.1, 0.15) is 24.8 Å². The van der Waals surface area contributed by atoms with E-state index in [1.54, 1.807) is 31.5 Å². The van der Waals surface area contributed by atoms with Gasteiger partial charge in [0.25, 0.3) is 0 Å². The molecule has 1 fully saturated rings. The summed E-state index contributed by atoms with van der Waals surface area (Å²) < 4.78 is 26.5. The third-order valence-electron chi connectivity index (χ3n) is 6.87. The lowest BCUT2D eigenvalue weighted by atomic mass is 9.94. The molecule has 0 radical (unpaired) electrons. The number of aromatic nitrogens is 3. The number of H-pyrrole nitrogens is 1. The van der Waals surface area contributed by atoms with Crippen molar-refractivity contribution < 1.29 is 19.0 Å². The van der Waals surface area contributed by atoms with Crippen molar-refractivity contribution in [3.63, 3.8) is 0 Å². The van der Waals surface area contributed by atoms with Crippen LogP contribution >= 0.6 is 11.6 Å². The fraction of sp³-hybridized carbons (Fsp3) is 0.385. The van der Waals surface area contributed by atoms with Crippen LogP contribution in [-0.2, 0) is 6.67 Å². The summed E-state index contributed by atoms with van der Waals surface area (Å²) in [6.07, 6.45) is 4.91. The molecule has 1 aliphatic heterocycles.